The van der Waals surface area contributed by atoms with Crippen LogP contribution in [0.5, 0.6) is 0 Å². The van der Waals surface area contributed by atoms with Gasteiger partial charge in [-0.1, -0.05) is 31.4 Å². The third-order valence-corrected chi connectivity index (χ3v) is 11.3. The van der Waals surface area contributed by atoms with Gasteiger partial charge in [-0.3, -0.25) is 9.69 Å². The number of amides is 1. The molecule has 5 heterocycles. The molecular formula is C34H34F3N5O4S2. The molecule has 0 bridgehead atoms. The number of carboxylic acid groups (broad SMARTS) is 1. The summed E-state index contributed by atoms with van der Waals surface area (Å²) in [6.45, 7) is 4.25. The molecule has 4 aromatic heterocycles. The number of alkyl halides is 3. The first kappa shape index (κ1) is 32.7. The van der Waals surface area contributed by atoms with Crippen molar-refractivity contribution in [1.82, 2.24) is 24.8 Å². The SMILES string of the molecule is O=C(Cn1c(-c2ccc3nc(-c4cnc(C(F)(F)F)s4)ccc3c2)c(C2CCCCC2)c2sc(C(=O)O)cc21)NCCN1CCOCC1. The molecule has 0 unspecified atom stereocenters. The third-order valence-electron chi connectivity index (χ3n) is 9.12. The summed E-state index contributed by atoms with van der Waals surface area (Å²) in [5, 5.41) is 12.9. The van der Waals surface area contributed by atoms with E-state index in [4.69, 9.17) is 4.74 Å². The van der Waals surface area contributed by atoms with E-state index in [0.29, 0.717) is 47.2 Å². The number of nitrogens with zero attached hydrogens (tertiary/aromatic N) is 4. The van der Waals surface area contributed by atoms with E-state index in [1.54, 1.807) is 12.1 Å². The summed E-state index contributed by atoms with van der Waals surface area (Å²) in [6.07, 6.45) is 1.95. The monoisotopic (exact) mass is 697 g/mol. The molecule has 0 spiro atoms. The Balaban J connectivity index is 1.27. The summed E-state index contributed by atoms with van der Waals surface area (Å²) < 4.78 is 47.8. The van der Waals surface area contributed by atoms with Gasteiger partial charge in [0, 0.05) is 37.8 Å². The molecule has 7 rings (SSSR count). The van der Waals surface area contributed by atoms with Gasteiger partial charge in [-0.2, -0.15) is 13.2 Å². The van der Waals surface area contributed by atoms with Crippen molar-refractivity contribution in [3.05, 3.63) is 58.0 Å². The highest BCUT2D eigenvalue weighted by atomic mass is 32.1. The highest BCUT2D eigenvalue weighted by molar-refractivity contribution is 7.21. The minimum Gasteiger partial charge on any atom is -0.477 e. The van der Waals surface area contributed by atoms with E-state index in [9.17, 15) is 27.9 Å². The second kappa shape index (κ2) is 13.6. The normalized spacial score (nSPS) is 16.6. The number of carbonyl (C=O) groups excluding carboxylic acids is 1. The average Bonchev–Trinajstić information content (AvgIpc) is 3.81. The van der Waals surface area contributed by atoms with Crippen molar-refractivity contribution in [2.24, 2.45) is 0 Å². The zero-order valence-corrected chi connectivity index (χ0v) is 27.6. The van der Waals surface area contributed by atoms with E-state index in [-0.39, 0.29) is 23.2 Å². The summed E-state index contributed by atoms with van der Waals surface area (Å²) >= 11 is 1.82. The first-order chi connectivity index (χ1) is 23.2. The first-order valence-electron chi connectivity index (χ1n) is 16.1. The molecule has 0 radical (unpaired) electrons. The summed E-state index contributed by atoms with van der Waals surface area (Å²) in [6, 6.07) is 11.0. The molecule has 9 nitrogen and oxygen atoms in total. The van der Waals surface area contributed by atoms with Crippen molar-refractivity contribution in [2.75, 3.05) is 39.4 Å². The molecule has 48 heavy (non-hydrogen) atoms. The Morgan fingerprint density at radius 3 is 2.56 bits per heavy atom. The number of aromatic carboxylic acids is 1. The second-order valence-corrected chi connectivity index (χ2v) is 14.3. The van der Waals surface area contributed by atoms with Crippen molar-refractivity contribution in [3.63, 3.8) is 0 Å². The van der Waals surface area contributed by atoms with Gasteiger partial charge in [-0.05, 0) is 54.2 Å². The molecule has 1 saturated heterocycles. The van der Waals surface area contributed by atoms with Crippen LogP contribution in [0.1, 0.15) is 58.3 Å². The molecule has 1 aliphatic heterocycles. The molecular weight excluding hydrogens is 664 g/mol. The Bertz CT molecular complexity index is 1970. The molecule has 14 heteroatoms. The highest BCUT2D eigenvalue weighted by Crippen LogP contribution is 2.47. The van der Waals surface area contributed by atoms with Gasteiger partial charge in [-0.15, -0.1) is 22.7 Å². The van der Waals surface area contributed by atoms with Crippen molar-refractivity contribution in [1.29, 1.82) is 0 Å². The predicted octanol–water partition coefficient (Wildman–Crippen LogP) is 7.25. The Labute approximate surface area is 282 Å². The minimum atomic E-state index is -4.52. The number of ether oxygens (including phenoxy) is 1. The van der Waals surface area contributed by atoms with Crippen LogP contribution in [0.25, 0.3) is 42.9 Å². The zero-order chi connectivity index (χ0) is 33.4. The third kappa shape index (κ3) is 6.71. The standard InChI is InChI=1S/C34H34F3N5O4S2/c35-34(36,37)33-39-18-27(48-33)24-9-6-21-16-22(7-8-23(21)40-24)30-29(20-4-2-1-3-5-20)31-25(17-26(47-31)32(44)45)42(30)19-28(43)38-10-11-41-12-14-46-15-13-41/h6-9,16-18,20H,1-5,10-15,19H2,(H,38,43)(H,44,45). The zero-order valence-electron chi connectivity index (χ0n) is 26.0. The van der Waals surface area contributed by atoms with Gasteiger partial charge < -0.3 is 19.7 Å². The van der Waals surface area contributed by atoms with Crippen molar-refractivity contribution in [2.45, 2.75) is 50.7 Å². The summed E-state index contributed by atoms with van der Waals surface area (Å²) in [7, 11) is 0. The molecule has 1 aliphatic carbocycles. The van der Waals surface area contributed by atoms with Crippen LogP contribution in [0.4, 0.5) is 13.2 Å². The number of carboxylic acids is 1. The molecule has 5 aromatic rings. The Hall–Kier alpha value is -3.85. The van der Waals surface area contributed by atoms with Crippen LogP contribution >= 0.6 is 22.7 Å². The van der Waals surface area contributed by atoms with E-state index >= 15 is 0 Å². The van der Waals surface area contributed by atoms with Crippen LogP contribution in [0.3, 0.4) is 0 Å². The number of hydrogen-bond acceptors (Lipinski definition) is 8. The molecule has 1 saturated carbocycles. The van der Waals surface area contributed by atoms with Crippen molar-refractivity contribution in [3.8, 4) is 21.8 Å². The van der Waals surface area contributed by atoms with E-state index in [0.717, 1.165) is 84.2 Å². The van der Waals surface area contributed by atoms with Gasteiger partial charge in [0.05, 0.1) is 45.2 Å². The lowest BCUT2D eigenvalue weighted by atomic mass is 9.83. The number of pyridine rings is 1. The van der Waals surface area contributed by atoms with Crippen molar-refractivity contribution < 1.29 is 32.6 Å². The second-order valence-electron chi connectivity index (χ2n) is 12.2. The molecule has 2 N–H and O–H groups in total. The fourth-order valence-electron chi connectivity index (χ4n) is 6.81. The largest absolute Gasteiger partial charge is 0.477 e. The molecule has 2 fully saturated rings. The Kier molecular flexibility index (Phi) is 9.24. The lowest BCUT2D eigenvalue weighted by molar-refractivity contribution is -0.137. The molecule has 0 atom stereocenters. The van der Waals surface area contributed by atoms with Crippen LogP contribution in [0, 0.1) is 0 Å². The quantitative estimate of drug-likeness (QED) is 0.167. The summed E-state index contributed by atoms with van der Waals surface area (Å²) in [5.41, 5.74) is 4.60. The van der Waals surface area contributed by atoms with Crippen LogP contribution in [0.15, 0.2) is 42.6 Å². The van der Waals surface area contributed by atoms with Gasteiger partial charge >= 0.3 is 12.1 Å². The summed E-state index contributed by atoms with van der Waals surface area (Å²) in [4.78, 5) is 36.6. The highest BCUT2D eigenvalue weighted by Gasteiger charge is 2.35. The summed E-state index contributed by atoms with van der Waals surface area (Å²) in [5.74, 6) is -0.938. The first-order valence-corrected chi connectivity index (χ1v) is 17.7. The fourth-order valence-corrected chi connectivity index (χ4v) is 8.69. The minimum absolute atomic E-state index is 0.0274. The number of benzene rings is 1. The number of thiophene rings is 1. The number of hydrogen-bond donors (Lipinski definition) is 2. The fraction of sp³-hybridized carbons (Fsp3) is 0.412. The predicted molar refractivity (Wildman–Crippen MR) is 180 cm³/mol. The maximum atomic E-state index is 13.5. The molecule has 1 aromatic carbocycles. The van der Waals surface area contributed by atoms with E-state index in [2.05, 4.69) is 20.2 Å². The van der Waals surface area contributed by atoms with Crippen LogP contribution < -0.4 is 5.32 Å². The van der Waals surface area contributed by atoms with E-state index < -0.39 is 17.2 Å². The molecule has 1 amide bonds. The van der Waals surface area contributed by atoms with Crippen LogP contribution in [-0.4, -0.2) is 75.8 Å². The number of morpholine rings is 1. The number of thiazole rings is 1. The van der Waals surface area contributed by atoms with Gasteiger partial charge in [0.15, 0.2) is 5.01 Å². The van der Waals surface area contributed by atoms with Gasteiger partial charge in [0.25, 0.3) is 0 Å². The number of carbonyl (C=O) groups is 2. The average molecular weight is 698 g/mol. The van der Waals surface area contributed by atoms with Crippen LogP contribution in [-0.2, 0) is 22.3 Å². The number of fused-ring (bicyclic) bond motifs is 2. The van der Waals surface area contributed by atoms with Gasteiger partial charge in [0.2, 0.25) is 5.91 Å². The Morgan fingerprint density at radius 1 is 1.04 bits per heavy atom. The van der Waals surface area contributed by atoms with E-state index in [1.807, 2.05) is 28.8 Å². The number of aromatic nitrogens is 3. The lowest BCUT2D eigenvalue weighted by Crippen LogP contribution is -2.41. The van der Waals surface area contributed by atoms with Gasteiger partial charge in [0.1, 0.15) is 11.4 Å². The van der Waals surface area contributed by atoms with Gasteiger partial charge in [-0.25, -0.2) is 14.8 Å². The van der Waals surface area contributed by atoms with Crippen molar-refractivity contribution >= 4 is 55.7 Å². The van der Waals surface area contributed by atoms with Crippen LogP contribution in [0.2, 0.25) is 0 Å². The maximum Gasteiger partial charge on any atom is 0.443 e. The lowest BCUT2D eigenvalue weighted by Gasteiger charge is -2.26. The molecule has 2 aliphatic rings. The smallest absolute Gasteiger partial charge is 0.443 e. The topological polar surface area (TPSA) is 110 Å². The Morgan fingerprint density at radius 2 is 1.83 bits per heavy atom. The van der Waals surface area contributed by atoms with E-state index in [1.165, 1.54) is 17.5 Å². The number of halogens is 3. The number of rotatable bonds is 9. The number of nitrogens with one attached hydrogen (secondary N) is 1. The molecule has 252 valence electrons. The maximum absolute atomic E-state index is 13.5.